The monoisotopic (exact) mass is 210 g/mol. The number of likely N-dealkylation sites (N-methyl/N-ethyl adjacent to an activating group) is 1. The number of nitrogens with one attached hydrogen (secondary N) is 1. The summed E-state index contributed by atoms with van der Waals surface area (Å²) in [6.45, 7) is 2.04. The van der Waals surface area contributed by atoms with Crippen LogP contribution in [0.5, 0.6) is 0 Å². The van der Waals surface area contributed by atoms with Crippen molar-refractivity contribution in [2.45, 2.75) is 6.92 Å². The second-order valence-electron chi connectivity index (χ2n) is 3.60. The van der Waals surface area contributed by atoms with Gasteiger partial charge in [0.15, 0.2) is 0 Å². The van der Waals surface area contributed by atoms with Crippen LogP contribution in [0.4, 0.5) is 10.1 Å². The lowest BCUT2D eigenvalue weighted by atomic mass is 10.2. The zero-order chi connectivity index (χ0) is 11.4. The second-order valence-corrected chi connectivity index (χ2v) is 3.60. The van der Waals surface area contributed by atoms with Crippen LogP contribution in [0.2, 0.25) is 0 Å². The average molecular weight is 210 g/mol. The van der Waals surface area contributed by atoms with Crippen molar-refractivity contribution in [3.8, 4) is 0 Å². The van der Waals surface area contributed by atoms with Gasteiger partial charge < -0.3 is 10.2 Å². The number of rotatable bonds is 3. The van der Waals surface area contributed by atoms with Crippen molar-refractivity contribution in [1.82, 2.24) is 4.90 Å². The number of aryl methyl sites for hydroxylation is 1. The molecule has 1 rings (SSSR count). The molecule has 4 heteroatoms. The molecule has 15 heavy (non-hydrogen) atoms. The summed E-state index contributed by atoms with van der Waals surface area (Å²) in [4.78, 5) is 12.8. The molecule has 0 aliphatic heterocycles. The fourth-order valence-electron chi connectivity index (χ4n) is 1.11. The predicted molar refractivity (Wildman–Crippen MR) is 58.3 cm³/mol. The van der Waals surface area contributed by atoms with Crippen LogP contribution in [0.15, 0.2) is 18.2 Å². The summed E-state index contributed by atoms with van der Waals surface area (Å²) in [6.07, 6.45) is 0. The van der Waals surface area contributed by atoms with Crippen LogP contribution in [-0.2, 0) is 4.79 Å². The van der Waals surface area contributed by atoms with Gasteiger partial charge in [-0.05, 0) is 24.6 Å². The molecule has 0 radical (unpaired) electrons. The number of carbonyl (C=O) groups excluding carboxylic acids is 1. The topological polar surface area (TPSA) is 32.3 Å². The second kappa shape index (κ2) is 4.77. The van der Waals surface area contributed by atoms with E-state index in [0.717, 1.165) is 5.56 Å². The van der Waals surface area contributed by atoms with Gasteiger partial charge in [-0.1, -0.05) is 6.07 Å². The van der Waals surface area contributed by atoms with E-state index in [1.165, 1.54) is 17.0 Å². The minimum Gasteiger partial charge on any atom is -0.376 e. The molecule has 0 unspecified atom stereocenters. The number of amides is 1. The van der Waals surface area contributed by atoms with Crippen molar-refractivity contribution < 1.29 is 9.18 Å². The summed E-state index contributed by atoms with van der Waals surface area (Å²) in [5.74, 6) is -0.348. The largest absolute Gasteiger partial charge is 0.376 e. The maximum atomic E-state index is 12.9. The van der Waals surface area contributed by atoms with Crippen molar-refractivity contribution in [2.24, 2.45) is 0 Å². The fraction of sp³-hybridized carbons (Fsp3) is 0.364. The van der Waals surface area contributed by atoms with Crippen molar-refractivity contribution in [1.29, 1.82) is 0 Å². The Balaban J connectivity index is 2.65. The van der Waals surface area contributed by atoms with Gasteiger partial charge >= 0.3 is 0 Å². The summed E-state index contributed by atoms with van der Waals surface area (Å²) in [6, 6.07) is 4.46. The minimum absolute atomic E-state index is 0.0429. The lowest BCUT2D eigenvalue weighted by molar-refractivity contribution is -0.126. The molecule has 0 saturated heterocycles. The molecule has 82 valence electrons. The SMILES string of the molecule is Cc1ccc(F)cc1NCC(=O)N(C)C. The Bertz CT molecular complexity index is 364. The van der Waals surface area contributed by atoms with Crippen LogP contribution in [0.3, 0.4) is 0 Å². The van der Waals surface area contributed by atoms with Crippen molar-refractivity contribution in [2.75, 3.05) is 26.0 Å². The summed E-state index contributed by atoms with van der Waals surface area (Å²) in [5.41, 5.74) is 1.58. The van der Waals surface area contributed by atoms with Gasteiger partial charge in [0.2, 0.25) is 5.91 Å². The Morgan fingerprint density at radius 1 is 1.47 bits per heavy atom. The molecule has 1 amide bonds. The first kappa shape index (κ1) is 11.5. The molecule has 3 nitrogen and oxygen atoms in total. The highest BCUT2D eigenvalue weighted by atomic mass is 19.1. The summed E-state index contributed by atoms with van der Waals surface area (Å²) in [7, 11) is 3.37. The Hall–Kier alpha value is -1.58. The van der Waals surface area contributed by atoms with Gasteiger partial charge in [0, 0.05) is 19.8 Å². The van der Waals surface area contributed by atoms with Crippen molar-refractivity contribution in [3.63, 3.8) is 0 Å². The number of benzene rings is 1. The first-order chi connectivity index (χ1) is 7.00. The van der Waals surface area contributed by atoms with Crippen LogP contribution in [0.1, 0.15) is 5.56 Å². The highest BCUT2D eigenvalue weighted by molar-refractivity contribution is 5.80. The van der Waals surface area contributed by atoms with Crippen molar-refractivity contribution >= 4 is 11.6 Å². The van der Waals surface area contributed by atoms with Gasteiger partial charge in [-0.3, -0.25) is 4.79 Å². The molecule has 0 aliphatic rings. The summed E-state index contributed by atoms with van der Waals surface area (Å²) < 4.78 is 12.9. The van der Waals surface area contributed by atoms with Crippen LogP contribution in [-0.4, -0.2) is 31.4 Å². The van der Waals surface area contributed by atoms with Gasteiger partial charge in [0.05, 0.1) is 6.54 Å². The molecule has 0 atom stereocenters. The molecule has 0 bridgehead atoms. The molecule has 0 aliphatic carbocycles. The summed E-state index contributed by atoms with van der Waals surface area (Å²) >= 11 is 0. The molecular weight excluding hydrogens is 195 g/mol. The van der Waals surface area contributed by atoms with E-state index in [0.29, 0.717) is 5.69 Å². The van der Waals surface area contributed by atoms with E-state index in [4.69, 9.17) is 0 Å². The van der Waals surface area contributed by atoms with Crippen LogP contribution < -0.4 is 5.32 Å². The molecule has 0 saturated carbocycles. The highest BCUT2D eigenvalue weighted by Crippen LogP contribution is 2.15. The number of carbonyl (C=O) groups is 1. The maximum absolute atomic E-state index is 12.9. The van der Waals surface area contributed by atoms with Gasteiger partial charge in [0.25, 0.3) is 0 Å². The molecule has 0 aromatic heterocycles. The lowest BCUT2D eigenvalue weighted by Gasteiger charge is -2.13. The number of anilines is 1. The smallest absolute Gasteiger partial charge is 0.241 e. The van der Waals surface area contributed by atoms with Gasteiger partial charge in [-0.2, -0.15) is 0 Å². The van der Waals surface area contributed by atoms with E-state index >= 15 is 0 Å². The third-order valence-electron chi connectivity index (χ3n) is 2.13. The van der Waals surface area contributed by atoms with Gasteiger partial charge in [0.1, 0.15) is 5.82 Å². The molecule has 1 N–H and O–H groups in total. The van der Waals surface area contributed by atoms with E-state index in [2.05, 4.69) is 5.32 Å². The van der Waals surface area contributed by atoms with Crippen LogP contribution in [0, 0.1) is 12.7 Å². The van der Waals surface area contributed by atoms with Gasteiger partial charge in [-0.15, -0.1) is 0 Å². The molecule has 0 fully saturated rings. The van der Waals surface area contributed by atoms with Crippen LogP contribution >= 0.6 is 0 Å². The lowest BCUT2D eigenvalue weighted by Crippen LogP contribution is -2.28. The highest BCUT2D eigenvalue weighted by Gasteiger charge is 2.05. The van der Waals surface area contributed by atoms with E-state index in [1.54, 1.807) is 20.2 Å². The summed E-state index contributed by atoms with van der Waals surface area (Å²) in [5, 5.41) is 2.90. The Morgan fingerprint density at radius 3 is 2.73 bits per heavy atom. The number of hydrogen-bond acceptors (Lipinski definition) is 2. The zero-order valence-corrected chi connectivity index (χ0v) is 9.17. The van der Waals surface area contributed by atoms with E-state index in [-0.39, 0.29) is 18.3 Å². The minimum atomic E-state index is -0.305. The van der Waals surface area contributed by atoms with Gasteiger partial charge in [-0.25, -0.2) is 4.39 Å². The van der Waals surface area contributed by atoms with E-state index in [1.807, 2.05) is 6.92 Å². The normalized spacial score (nSPS) is 9.87. The fourth-order valence-corrected chi connectivity index (χ4v) is 1.11. The molecule has 1 aromatic rings. The quantitative estimate of drug-likeness (QED) is 0.822. The Kier molecular flexibility index (Phi) is 3.66. The molecular formula is C11H15FN2O. The Labute approximate surface area is 88.9 Å². The number of nitrogens with zero attached hydrogens (tertiary/aromatic N) is 1. The molecule has 0 heterocycles. The average Bonchev–Trinajstić information content (AvgIpc) is 2.18. The zero-order valence-electron chi connectivity index (χ0n) is 9.17. The maximum Gasteiger partial charge on any atom is 0.241 e. The van der Waals surface area contributed by atoms with E-state index in [9.17, 15) is 9.18 Å². The Morgan fingerprint density at radius 2 is 2.13 bits per heavy atom. The molecule has 0 spiro atoms. The van der Waals surface area contributed by atoms with Crippen molar-refractivity contribution in [3.05, 3.63) is 29.6 Å². The molecule has 1 aromatic carbocycles. The predicted octanol–water partition coefficient (Wildman–Crippen LogP) is 1.63. The number of hydrogen-bond donors (Lipinski definition) is 1. The van der Waals surface area contributed by atoms with Crippen LogP contribution in [0.25, 0.3) is 0 Å². The third-order valence-corrected chi connectivity index (χ3v) is 2.13. The first-order valence-corrected chi connectivity index (χ1v) is 4.71. The standard InChI is InChI=1S/C11H15FN2O/c1-8-4-5-9(12)6-10(8)13-7-11(15)14(2)3/h4-6,13H,7H2,1-3H3. The number of halogens is 1. The third kappa shape index (κ3) is 3.23. The first-order valence-electron chi connectivity index (χ1n) is 4.71. The van der Waals surface area contributed by atoms with E-state index < -0.39 is 0 Å².